The standard InChI is InChI=1S/C21H29NO3S/c1-14-12-19(25-7)15(2)16(3)20(14)26(23,24)22-13-17-8-10-18(11-9-17)21(4,5)6/h8-12,22H,13H2,1-7H3. The first-order valence-corrected chi connectivity index (χ1v) is 10.2. The van der Waals surface area contributed by atoms with Crippen LogP contribution in [0.3, 0.4) is 0 Å². The molecule has 0 aliphatic rings. The molecule has 2 aromatic carbocycles. The van der Waals surface area contributed by atoms with Crippen molar-refractivity contribution in [2.75, 3.05) is 7.11 Å². The summed E-state index contributed by atoms with van der Waals surface area (Å²) in [6.45, 7) is 12.2. The first-order valence-electron chi connectivity index (χ1n) is 8.71. The molecule has 0 aliphatic heterocycles. The van der Waals surface area contributed by atoms with Gasteiger partial charge in [0.2, 0.25) is 10.0 Å². The van der Waals surface area contributed by atoms with E-state index in [1.807, 2.05) is 26.0 Å². The molecule has 0 radical (unpaired) electrons. The van der Waals surface area contributed by atoms with Gasteiger partial charge in [0, 0.05) is 6.54 Å². The van der Waals surface area contributed by atoms with Gasteiger partial charge in [-0.15, -0.1) is 0 Å². The molecule has 0 saturated carbocycles. The van der Waals surface area contributed by atoms with Gasteiger partial charge in [-0.05, 0) is 60.1 Å². The maximum atomic E-state index is 12.9. The lowest BCUT2D eigenvalue weighted by atomic mass is 9.87. The summed E-state index contributed by atoms with van der Waals surface area (Å²) in [6.07, 6.45) is 0. The predicted octanol–water partition coefficient (Wildman–Crippen LogP) is 4.40. The number of hydrogen-bond donors (Lipinski definition) is 1. The highest BCUT2D eigenvalue weighted by molar-refractivity contribution is 7.89. The Morgan fingerprint density at radius 2 is 1.58 bits per heavy atom. The highest BCUT2D eigenvalue weighted by atomic mass is 32.2. The van der Waals surface area contributed by atoms with E-state index in [4.69, 9.17) is 4.74 Å². The van der Waals surface area contributed by atoms with Crippen molar-refractivity contribution in [2.24, 2.45) is 0 Å². The second kappa shape index (κ2) is 7.41. The van der Waals surface area contributed by atoms with Gasteiger partial charge in [0.25, 0.3) is 0 Å². The molecule has 0 amide bonds. The lowest BCUT2D eigenvalue weighted by Crippen LogP contribution is -2.25. The minimum absolute atomic E-state index is 0.0763. The third-order valence-electron chi connectivity index (χ3n) is 4.75. The molecule has 0 spiro atoms. The van der Waals surface area contributed by atoms with Crippen LogP contribution in [0.25, 0.3) is 0 Å². The zero-order chi connectivity index (χ0) is 19.7. The molecular weight excluding hydrogens is 346 g/mol. The minimum atomic E-state index is -3.61. The van der Waals surface area contributed by atoms with Gasteiger partial charge in [-0.1, -0.05) is 45.0 Å². The molecule has 2 aromatic rings. The summed E-state index contributed by atoms with van der Waals surface area (Å²) in [7, 11) is -2.02. The van der Waals surface area contributed by atoms with Crippen molar-refractivity contribution in [1.29, 1.82) is 0 Å². The molecule has 0 bridgehead atoms. The fourth-order valence-corrected chi connectivity index (χ4v) is 4.56. The van der Waals surface area contributed by atoms with Crippen LogP contribution in [0, 0.1) is 20.8 Å². The van der Waals surface area contributed by atoms with Crippen molar-refractivity contribution < 1.29 is 13.2 Å². The predicted molar refractivity (Wildman–Crippen MR) is 106 cm³/mol. The summed E-state index contributed by atoms with van der Waals surface area (Å²) in [4.78, 5) is 0.335. The normalized spacial score (nSPS) is 12.3. The Hall–Kier alpha value is -1.85. The van der Waals surface area contributed by atoms with Crippen LogP contribution in [0.5, 0.6) is 5.75 Å². The zero-order valence-electron chi connectivity index (χ0n) is 16.7. The molecule has 142 valence electrons. The van der Waals surface area contributed by atoms with E-state index in [9.17, 15) is 8.42 Å². The number of sulfonamides is 1. The Kier molecular flexibility index (Phi) is 5.83. The fraction of sp³-hybridized carbons (Fsp3) is 0.429. The number of benzene rings is 2. The molecular formula is C21H29NO3S. The number of aryl methyl sites for hydroxylation is 1. The summed E-state index contributed by atoms with van der Waals surface area (Å²) in [5.74, 6) is 0.705. The van der Waals surface area contributed by atoms with Crippen LogP contribution >= 0.6 is 0 Å². The van der Waals surface area contributed by atoms with Gasteiger partial charge >= 0.3 is 0 Å². The molecule has 0 unspecified atom stereocenters. The van der Waals surface area contributed by atoms with Crippen LogP contribution in [0.15, 0.2) is 35.2 Å². The summed E-state index contributed by atoms with van der Waals surface area (Å²) in [5, 5.41) is 0. The molecule has 0 aromatic heterocycles. The third-order valence-corrected chi connectivity index (χ3v) is 6.44. The number of hydrogen-bond acceptors (Lipinski definition) is 3. The number of rotatable bonds is 5. The van der Waals surface area contributed by atoms with E-state index in [1.54, 1.807) is 20.1 Å². The highest BCUT2D eigenvalue weighted by Crippen LogP contribution is 2.30. The quantitative estimate of drug-likeness (QED) is 0.843. The molecule has 5 heteroatoms. The largest absolute Gasteiger partial charge is 0.496 e. The second-order valence-electron chi connectivity index (χ2n) is 7.75. The molecule has 26 heavy (non-hydrogen) atoms. The van der Waals surface area contributed by atoms with Gasteiger partial charge < -0.3 is 4.74 Å². The lowest BCUT2D eigenvalue weighted by molar-refractivity contribution is 0.410. The summed E-state index contributed by atoms with van der Waals surface area (Å²) in [5.41, 5.74) is 4.47. The molecule has 1 N–H and O–H groups in total. The average Bonchev–Trinajstić information content (AvgIpc) is 2.56. The monoisotopic (exact) mass is 375 g/mol. The summed E-state index contributed by atoms with van der Waals surface area (Å²) >= 11 is 0. The van der Waals surface area contributed by atoms with E-state index in [2.05, 4.69) is 37.6 Å². The Bertz CT molecular complexity index is 892. The van der Waals surface area contributed by atoms with Crippen LogP contribution in [-0.2, 0) is 22.0 Å². The van der Waals surface area contributed by atoms with E-state index in [0.29, 0.717) is 16.2 Å². The average molecular weight is 376 g/mol. The van der Waals surface area contributed by atoms with E-state index in [-0.39, 0.29) is 12.0 Å². The van der Waals surface area contributed by atoms with Crippen LogP contribution in [-0.4, -0.2) is 15.5 Å². The highest BCUT2D eigenvalue weighted by Gasteiger charge is 2.22. The van der Waals surface area contributed by atoms with Crippen molar-refractivity contribution in [3.05, 3.63) is 58.1 Å². The van der Waals surface area contributed by atoms with Crippen LogP contribution in [0.1, 0.15) is 48.6 Å². The van der Waals surface area contributed by atoms with Crippen molar-refractivity contribution in [1.82, 2.24) is 4.72 Å². The molecule has 0 heterocycles. The number of ether oxygens (including phenoxy) is 1. The van der Waals surface area contributed by atoms with Crippen molar-refractivity contribution in [2.45, 2.75) is 58.4 Å². The van der Waals surface area contributed by atoms with Gasteiger partial charge in [0.05, 0.1) is 12.0 Å². The van der Waals surface area contributed by atoms with Gasteiger partial charge in [0.1, 0.15) is 5.75 Å². The van der Waals surface area contributed by atoms with E-state index in [0.717, 1.165) is 16.7 Å². The first-order chi connectivity index (χ1) is 12.0. The second-order valence-corrected chi connectivity index (χ2v) is 9.45. The van der Waals surface area contributed by atoms with Crippen LogP contribution < -0.4 is 9.46 Å². The van der Waals surface area contributed by atoms with Gasteiger partial charge in [0.15, 0.2) is 0 Å². The first kappa shape index (κ1) is 20.5. The van der Waals surface area contributed by atoms with Crippen molar-refractivity contribution in [3.63, 3.8) is 0 Å². The Morgan fingerprint density at radius 3 is 2.08 bits per heavy atom. The van der Waals surface area contributed by atoms with E-state index in [1.165, 1.54) is 5.56 Å². The summed E-state index contributed by atoms with van der Waals surface area (Å²) in [6, 6.07) is 9.83. The van der Waals surface area contributed by atoms with Gasteiger partial charge in [-0.3, -0.25) is 0 Å². The molecule has 0 aliphatic carbocycles. The number of methoxy groups -OCH3 is 1. The van der Waals surface area contributed by atoms with Crippen molar-refractivity contribution in [3.8, 4) is 5.75 Å². The Balaban J connectivity index is 2.26. The van der Waals surface area contributed by atoms with E-state index >= 15 is 0 Å². The number of nitrogens with one attached hydrogen (secondary N) is 1. The van der Waals surface area contributed by atoms with Gasteiger partial charge in [-0.25, -0.2) is 13.1 Å². The minimum Gasteiger partial charge on any atom is -0.496 e. The SMILES string of the molecule is COc1cc(C)c(S(=O)(=O)NCc2ccc(C(C)(C)C)cc2)c(C)c1C. The molecule has 0 fully saturated rings. The Labute approximate surface area is 157 Å². The fourth-order valence-electron chi connectivity index (χ4n) is 3.02. The zero-order valence-corrected chi connectivity index (χ0v) is 17.5. The van der Waals surface area contributed by atoms with Crippen LogP contribution in [0.2, 0.25) is 0 Å². The van der Waals surface area contributed by atoms with Crippen molar-refractivity contribution >= 4 is 10.0 Å². The lowest BCUT2D eigenvalue weighted by Gasteiger charge is -2.19. The van der Waals surface area contributed by atoms with Gasteiger partial charge in [-0.2, -0.15) is 0 Å². The topological polar surface area (TPSA) is 55.4 Å². The smallest absolute Gasteiger partial charge is 0.241 e. The molecule has 4 nitrogen and oxygen atoms in total. The maximum absolute atomic E-state index is 12.9. The third kappa shape index (κ3) is 4.27. The van der Waals surface area contributed by atoms with Crippen LogP contribution in [0.4, 0.5) is 0 Å². The molecule has 0 saturated heterocycles. The molecule has 0 atom stereocenters. The van der Waals surface area contributed by atoms with E-state index < -0.39 is 10.0 Å². The molecule has 2 rings (SSSR count). The Morgan fingerprint density at radius 1 is 1.00 bits per heavy atom. The summed E-state index contributed by atoms with van der Waals surface area (Å²) < 4.78 is 33.8. The maximum Gasteiger partial charge on any atom is 0.241 e.